The summed E-state index contributed by atoms with van der Waals surface area (Å²) in [6, 6.07) is 0. The first-order chi connectivity index (χ1) is 6.10. The number of hydrogen-bond acceptors (Lipinski definition) is 4. The van der Waals surface area contributed by atoms with Crippen molar-refractivity contribution in [2.75, 3.05) is 20.8 Å². The number of aliphatic carboxylic acids is 1. The molecule has 6 heteroatoms. The van der Waals surface area contributed by atoms with Crippen LogP contribution >= 0.6 is 0 Å². The van der Waals surface area contributed by atoms with E-state index < -0.39 is 18.4 Å². The van der Waals surface area contributed by atoms with Crippen molar-refractivity contribution in [2.45, 2.75) is 0 Å². The molecule has 0 unspecified atom stereocenters. The van der Waals surface area contributed by atoms with Crippen molar-refractivity contribution < 1.29 is 24.2 Å². The fourth-order valence-corrected chi connectivity index (χ4v) is 0.522. The average Bonchev–Trinajstić information content (AvgIpc) is 2.10. The summed E-state index contributed by atoms with van der Waals surface area (Å²) in [4.78, 5) is 20.9. The number of rotatable bonds is 5. The first kappa shape index (κ1) is 11.3. The second-order valence-corrected chi connectivity index (χ2v) is 1.98. The molecule has 13 heavy (non-hydrogen) atoms. The van der Waals surface area contributed by atoms with Gasteiger partial charge in [-0.1, -0.05) is 0 Å². The van der Waals surface area contributed by atoms with Crippen molar-refractivity contribution in [2.24, 2.45) is 0 Å². The average molecular weight is 189 g/mol. The first-order valence-corrected chi connectivity index (χ1v) is 3.39. The molecule has 0 aromatic heterocycles. The Balaban J connectivity index is 3.97. The van der Waals surface area contributed by atoms with Gasteiger partial charge in [0, 0.05) is 0 Å². The largest absolute Gasteiger partial charge is 0.480 e. The zero-order valence-electron chi connectivity index (χ0n) is 7.36. The Hall–Kier alpha value is -1.72. The van der Waals surface area contributed by atoms with Gasteiger partial charge < -0.3 is 19.9 Å². The van der Waals surface area contributed by atoms with E-state index in [1.165, 1.54) is 14.2 Å². The van der Waals surface area contributed by atoms with Crippen LogP contribution < -0.4 is 5.32 Å². The number of carboxylic acids is 1. The fourth-order valence-electron chi connectivity index (χ4n) is 0.522. The lowest BCUT2D eigenvalue weighted by molar-refractivity contribution is -0.137. The summed E-state index contributed by atoms with van der Waals surface area (Å²) >= 11 is 0. The summed E-state index contributed by atoms with van der Waals surface area (Å²) in [5.74, 6) is -1.68. The molecule has 1 amide bonds. The van der Waals surface area contributed by atoms with Crippen molar-refractivity contribution in [3.63, 3.8) is 0 Å². The van der Waals surface area contributed by atoms with Crippen LogP contribution in [0.15, 0.2) is 12.0 Å². The zero-order chi connectivity index (χ0) is 10.3. The minimum Gasteiger partial charge on any atom is -0.480 e. The Bertz CT molecular complexity index is 217. The summed E-state index contributed by atoms with van der Waals surface area (Å²) in [7, 11) is 2.67. The van der Waals surface area contributed by atoms with E-state index in [-0.39, 0.29) is 5.95 Å². The van der Waals surface area contributed by atoms with Crippen molar-refractivity contribution in [1.29, 1.82) is 0 Å². The van der Waals surface area contributed by atoms with Gasteiger partial charge in [-0.3, -0.25) is 9.59 Å². The molecule has 0 aromatic rings. The Morgan fingerprint density at radius 1 is 1.38 bits per heavy atom. The highest BCUT2D eigenvalue weighted by molar-refractivity contribution is 5.89. The maximum Gasteiger partial charge on any atom is 0.322 e. The molecular formula is C7H11NO5. The Morgan fingerprint density at radius 2 is 1.92 bits per heavy atom. The number of carbonyl (C=O) groups excluding carboxylic acids is 1. The molecule has 0 aromatic carbocycles. The lowest BCUT2D eigenvalue weighted by atomic mass is 10.5. The van der Waals surface area contributed by atoms with Crippen LogP contribution in [0.3, 0.4) is 0 Å². The summed E-state index contributed by atoms with van der Waals surface area (Å²) in [5.41, 5.74) is 0. The number of ether oxygens (including phenoxy) is 2. The lowest BCUT2D eigenvalue weighted by Crippen LogP contribution is -2.28. The molecule has 74 valence electrons. The molecule has 0 aliphatic heterocycles. The minimum atomic E-state index is -1.11. The molecule has 0 spiro atoms. The van der Waals surface area contributed by atoms with Crippen LogP contribution in [0.5, 0.6) is 0 Å². The van der Waals surface area contributed by atoms with Crippen molar-refractivity contribution in [3.05, 3.63) is 12.0 Å². The summed E-state index contributed by atoms with van der Waals surface area (Å²) in [6.45, 7) is -0.434. The molecular weight excluding hydrogens is 178 g/mol. The van der Waals surface area contributed by atoms with Crippen LogP contribution in [0.1, 0.15) is 0 Å². The van der Waals surface area contributed by atoms with Gasteiger partial charge >= 0.3 is 5.97 Å². The molecule has 0 aliphatic carbocycles. The lowest BCUT2D eigenvalue weighted by Gasteiger charge is -2.02. The predicted octanol–water partition coefficient (Wildman–Crippen LogP) is -0.679. The highest BCUT2D eigenvalue weighted by Gasteiger charge is 2.03. The second kappa shape index (κ2) is 5.87. The van der Waals surface area contributed by atoms with Crippen LogP contribution in [0.2, 0.25) is 0 Å². The number of amides is 1. The third-order valence-corrected chi connectivity index (χ3v) is 1.07. The van der Waals surface area contributed by atoms with Gasteiger partial charge in [0.25, 0.3) is 11.9 Å². The van der Waals surface area contributed by atoms with Gasteiger partial charge in [-0.05, 0) is 0 Å². The summed E-state index contributed by atoms with van der Waals surface area (Å²) in [6.07, 6.45) is 1.02. The van der Waals surface area contributed by atoms with Gasteiger partial charge in [0.05, 0.1) is 20.3 Å². The summed E-state index contributed by atoms with van der Waals surface area (Å²) < 4.78 is 9.22. The molecule has 0 rings (SSSR count). The maximum absolute atomic E-state index is 10.9. The second-order valence-electron chi connectivity index (χ2n) is 1.98. The van der Waals surface area contributed by atoms with Gasteiger partial charge in [0.15, 0.2) is 0 Å². The van der Waals surface area contributed by atoms with E-state index in [4.69, 9.17) is 5.11 Å². The van der Waals surface area contributed by atoms with Gasteiger partial charge in [-0.25, -0.2) is 0 Å². The molecule has 0 aliphatic rings. The monoisotopic (exact) mass is 189 g/mol. The fraction of sp³-hybridized carbons (Fsp3) is 0.429. The van der Waals surface area contributed by atoms with Crippen LogP contribution in [0.4, 0.5) is 0 Å². The Kier molecular flexibility index (Phi) is 5.09. The van der Waals surface area contributed by atoms with Crippen molar-refractivity contribution in [3.8, 4) is 0 Å². The maximum atomic E-state index is 10.9. The van der Waals surface area contributed by atoms with E-state index in [1.54, 1.807) is 0 Å². The molecule has 0 bridgehead atoms. The highest BCUT2D eigenvalue weighted by atomic mass is 16.7. The van der Waals surface area contributed by atoms with Crippen molar-refractivity contribution >= 4 is 11.9 Å². The first-order valence-electron chi connectivity index (χ1n) is 3.39. The topological polar surface area (TPSA) is 84.9 Å². The Morgan fingerprint density at radius 3 is 2.31 bits per heavy atom. The third-order valence-electron chi connectivity index (χ3n) is 1.07. The van der Waals surface area contributed by atoms with E-state index in [9.17, 15) is 9.59 Å². The smallest absolute Gasteiger partial charge is 0.322 e. The molecule has 2 N–H and O–H groups in total. The van der Waals surface area contributed by atoms with E-state index >= 15 is 0 Å². The van der Waals surface area contributed by atoms with Crippen LogP contribution in [0, 0.1) is 0 Å². The van der Waals surface area contributed by atoms with E-state index in [2.05, 4.69) is 14.8 Å². The number of methoxy groups -OCH3 is 2. The molecule has 6 nitrogen and oxygen atoms in total. The molecule has 0 saturated carbocycles. The van der Waals surface area contributed by atoms with E-state index in [0.717, 1.165) is 6.08 Å². The van der Waals surface area contributed by atoms with Gasteiger partial charge in [-0.2, -0.15) is 0 Å². The minimum absolute atomic E-state index is 0.0166. The molecule has 0 atom stereocenters. The number of carboxylic acid groups (broad SMARTS) is 1. The summed E-state index contributed by atoms with van der Waals surface area (Å²) in [5, 5.41) is 10.3. The molecule has 0 fully saturated rings. The van der Waals surface area contributed by atoms with E-state index in [1.807, 2.05) is 0 Å². The number of hydrogen-bond donors (Lipinski definition) is 2. The van der Waals surface area contributed by atoms with Crippen molar-refractivity contribution in [1.82, 2.24) is 5.32 Å². The number of nitrogens with one attached hydrogen (secondary N) is 1. The highest BCUT2D eigenvalue weighted by Crippen LogP contribution is 1.93. The van der Waals surface area contributed by atoms with Gasteiger partial charge in [-0.15, -0.1) is 0 Å². The van der Waals surface area contributed by atoms with E-state index in [0.29, 0.717) is 0 Å². The molecule has 0 radical (unpaired) electrons. The predicted molar refractivity (Wildman–Crippen MR) is 42.7 cm³/mol. The van der Waals surface area contributed by atoms with Gasteiger partial charge in [0.2, 0.25) is 0 Å². The number of carbonyl (C=O) groups is 2. The normalized spacial score (nSPS) is 8.46. The molecule has 0 saturated heterocycles. The third kappa shape index (κ3) is 5.54. The Labute approximate surface area is 75.1 Å². The molecule has 0 heterocycles. The SMILES string of the molecule is COC(=CC(=O)NCC(=O)O)OC. The van der Waals surface area contributed by atoms with Crippen LogP contribution in [-0.2, 0) is 19.1 Å². The zero-order valence-corrected chi connectivity index (χ0v) is 7.36. The van der Waals surface area contributed by atoms with Gasteiger partial charge in [0.1, 0.15) is 6.54 Å². The standard InChI is InChI=1S/C7H11NO5/c1-12-7(13-2)3-5(9)8-4-6(10)11/h3H,4H2,1-2H3,(H,8,9)(H,10,11). The van der Waals surface area contributed by atoms with Crippen LogP contribution in [0.25, 0.3) is 0 Å². The van der Waals surface area contributed by atoms with Crippen LogP contribution in [-0.4, -0.2) is 37.7 Å². The quantitative estimate of drug-likeness (QED) is 0.442.